The number of rotatable bonds is 1. The Bertz CT molecular complexity index is 101. The van der Waals surface area contributed by atoms with Crippen LogP contribution in [-0.2, 0) is 19.4 Å². The van der Waals surface area contributed by atoms with Gasteiger partial charge in [-0.3, -0.25) is 0 Å². The maximum atomic E-state index is 8.58. The van der Waals surface area contributed by atoms with Gasteiger partial charge in [0.1, 0.15) is 0 Å². The molecule has 0 aliphatic heterocycles. The van der Waals surface area contributed by atoms with Gasteiger partial charge in [0.2, 0.25) is 0 Å². The average Bonchev–Trinajstić information content (AvgIpc) is 1.27. The fourth-order valence-electron chi connectivity index (χ4n) is 0.294. The predicted molar refractivity (Wildman–Crippen MR) is 27.1 cm³/mol. The first kappa shape index (κ1) is 7.10. The summed E-state index contributed by atoms with van der Waals surface area (Å²) in [6, 6.07) is 0. The minimum absolute atomic E-state index is 0.396. The van der Waals surface area contributed by atoms with Crippen LogP contribution in [0.4, 0.5) is 0 Å². The van der Waals surface area contributed by atoms with E-state index in [0.717, 1.165) is 0 Å². The molecule has 2 heteroatoms. The van der Waals surface area contributed by atoms with Crippen LogP contribution in [0.5, 0.6) is 0 Å². The summed E-state index contributed by atoms with van der Waals surface area (Å²) in [6.45, 7) is 3.65. The van der Waals surface area contributed by atoms with E-state index < -0.39 is 0 Å². The van der Waals surface area contributed by atoms with Crippen molar-refractivity contribution < 1.29 is 24.5 Å². The number of aliphatic hydroxyl groups is 1. The van der Waals surface area contributed by atoms with Crippen molar-refractivity contribution in [3.05, 3.63) is 11.8 Å². The first-order valence-corrected chi connectivity index (χ1v) is 3.47. The van der Waals surface area contributed by atoms with Crippen molar-refractivity contribution in [3.8, 4) is 0 Å². The molecule has 0 saturated carbocycles. The molecule has 0 aliphatic carbocycles. The van der Waals surface area contributed by atoms with Crippen LogP contribution in [0, 0.1) is 0 Å². The first-order chi connectivity index (χ1) is 3.13. The predicted octanol–water partition coefficient (Wildman–Crippen LogP) is 1.19. The van der Waals surface area contributed by atoms with E-state index in [1.54, 1.807) is 13.0 Å². The molecule has 0 aromatic rings. The van der Waals surface area contributed by atoms with Gasteiger partial charge in [0.15, 0.2) is 0 Å². The standard InChI is InChI=1S/C5H8O.W/c1-3-4-5(2)6;/h4,6H,1-2H3;/b5-4-;. The summed E-state index contributed by atoms with van der Waals surface area (Å²) in [7, 11) is 0. The molecule has 0 spiro atoms. The third-order valence-electron chi connectivity index (χ3n) is 0.412. The van der Waals surface area contributed by atoms with Gasteiger partial charge in [0.05, 0.1) is 0 Å². The van der Waals surface area contributed by atoms with Crippen molar-refractivity contribution in [1.29, 1.82) is 0 Å². The number of aliphatic hydroxyl groups excluding tert-OH is 1. The van der Waals surface area contributed by atoms with Crippen molar-refractivity contribution in [3.63, 3.8) is 0 Å². The summed E-state index contributed by atoms with van der Waals surface area (Å²) in [5.74, 6) is 0.396. The van der Waals surface area contributed by atoms with Crippen molar-refractivity contribution in [2.24, 2.45) is 0 Å². The third kappa shape index (κ3) is 6.10. The van der Waals surface area contributed by atoms with Gasteiger partial charge < -0.3 is 0 Å². The van der Waals surface area contributed by atoms with Gasteiger partial charge in [-0.2, -0.15) is 0 Å². The van der Waals surface area contributed by atoms with Gasteiger partial charge in [0, 0.05) is 0 Å². The monoisotopic (exact) mass is 268 g/mol. The van der Waals surface area contributed by atoms with Crippen LogP contribution in [0.2, 0.25) is 0 Å². The average molecular weight is 268 g/mol. The normalized spacial score (nSPS) is 11.4. The maximum absolute atomic E-state index is 8.58. The molecule has 0 amide bonds. The zero-order chi connectivity index (χ0) is 5.86. The molecule has 7 heavy (non-hydrogen) atoms. The van der Waals surface area contributed by atoms with Crippen LogP contribution in [0.15, 0.2) is 11.8 Å². The minimum atomic E-state index is 0.396. The molecule has 0 aromatic heterocycles. The molecule has 0 rings (SSSR count). The SMILES string of the molecule is C[C](=[W])/C=C(/C)O. The van der Waals surface area contributed by atoms with Crippen LogP contribution >= 0.6 is 0 Å². The molecular weight excluding hydrogens is 260 g/mol. The Morgan fingerprint density at radius 2 is 2.00 bits per heavy atom. The molecule has 1 N–H and O–H groups in total. The first-order valence-electron chi connectivity index (χ1n) is 2.01. The van der Waals surface area contributed by atoms with Crippen molar-refractivity contribution in [1.82, 2.24) is 0 Å². The number of hydrogen-bond acceptors (Lipinski definition) is 1. The summed E-state index contributed by atoms with van der Waals surface area (Å²) in [5.41, 5.74) is 0. The molecule has 0 heterocycles. The molecule has 0 unspecified atom stereocenters. The van der Waals surface area contributed by atoms with Crippen LogP contribution < -0.4 is 0 Å². The molecule has 0 fully saturated rings. The molecule has 0 atom stereocenters. The van der Waals surface area contributed by atoms with Crippen molar-refractivity contribution >= 4 is 3.90 Å². The van der Waals surface area contributed by atoms with E-state index in [9.17, 15) is 0 Å². The zero-order valence-corrected chi connectivity index (χ0v) is 7.37. The van der Waals surface area contributed by atoms with Gasteiger partial charge in [-0.1, -0.05) is 0 Å². The fourth-order valence-corrected chi connectivity index (χ4v) is 0.907. The van der Waals surface area contributed by atoms with E-state index in [-0.39, 0.29) is 0 Å². The number of hydrogen-bond donors (Lipinski definition) is 1. The molecular formula is C5H8OW. The Balaban J connectivity index is 3.68. The zero-order valence-electron chi connectivity index (χ0n) is 4.43. The van der Waals surface area contributed by atoms with Crippen molar-refractivity contribution in [2.45, 2.75) is 13.8 Å². The van der Waals surface area contributed by atoms with E-state index in [1.165, 1.54) is 23.3 Å². The molecule has 40 valence electrons. The summed E-state index contributed by atoms with van der Waals surface area (Å²) < 4.78 is 1.21. The molecule has 1 nitrogen and oxygen atoms in total. The quantitative estimate of drug-likeness (QED) is 0.708. The van der Waals surface area contributed by atoms with Gasteiger partial charge in [-0.15, -0.1) is 0 Å². The second-order valence-corrected chi connectivity index (χ2v) is 3.71. The molecule has 0 bridgehead atoms. The van der Waals surface area contributed by atoms with Crippen molar-refractivity contribution in [2.75, 3.05) is 0 Å². The van der Waals surface area contributed by atoms with Crippen LogP contribution in [-0.4, -0.2) is 9.00 Å². The summed E-state index contributed by atoms with van der Waals surface area (Å²) >= 11 is 1.41. The van der Waals surface area contributed by atoms with E-state index in [2.05, 4.69) is 0 Å². The van der Waals surface area contributed by atoms with Gasteiger partial charge in [0.25, 0.3) is 0 Å². The molecule has 0 radical (unpaired) electrons. The summed E-state index contributed by atoms with van der Waals surface area (Å²) in [5, 5.41) is 8.58. The molecule has 0 aromatic carbocycles. The summed E-state index contributed by atoms with van der Waals surface area (Å²) in [4.78, 5) is 0. The summed E-state index contributed by atoms with van der Waals surface area (Å²) in [6.07, 6.45) is 1.76. The second kappa shape index (κ2) is 3.15. The van der Waals surface area contributed by atoms with Crippen LogP contribution in [0.25, 0.3) is 0 Å². The van der Waals surface area contributed by atoms with E-state index in [0.29, 0.717) is 5.76 Å². The topological polar surface area (TPSA) is 20.2 Å². The van der Waals surface area contributed by atoms with Gasteiger partial charge in [-0.25, -0.2) is 0 Å². The molecule has 0 aliphatic rings. The second-order valence-electron chi connectivity index (χ2n) is 1.40. The van der Waals surface area contributed by atoms with Crippen LogP contribution in [0.1, 0.15) is 13.8 Å². The Labute approximate surface area is 54.5 Å². The van der Waals surface area contributed by atoms with Gasteiger partial charge >= 0.3 is 54.0 Å². The Morgan fingerprint density at radius 3 is 2.00 bits per heavy atom. The Hall–Kier alpha value is 0.0983. The fraction of sp³-hybridized carbons (Fsp3) is 0.400. The van der Waals surface area contributed by atoms with E-state index >= 15 is 0 Å². The van der Waals surface area contributed by atoms with E-state index in [4.69, 9.17) is 5.11 Å². The van der Waals surface area contributed by atoms with Crippen LogP contribution in [0.3, 0.4) is 0 Å². The number of allylic oxidation sites excluding steroid dienone is 2. The Morgan fingerprint density at radius 1 is 1.57 bits per heavy atom. The van der Waals surface area contributed by atoms with Gasteiger partial charge in [-0.05, 0) is 0 Å². The van der Waals surface area contributed by atoms with E-state index in [1.807, 2.05) is 6.92 Å². The third-order valence-corrected chi connectivity index (χ3v) is 0.836. The Kier molecular flexibility index (Phi) is 3.19. The molecule has 0 saturated heterocycles.